The van der Waals surface area contributed by atoms with Crippen LogP contribution in [0.25, 0.3) is 0 Å². The van der Waals surface area contributed by atoms with E-state index in [9.17, 15) is 4.79 Å². The van der Waals surface area contributed by atoms with Gasteiger partial charge in [0.15, 0.2) is 0 Å². The van der Waals surface area contributed by atoms with Crippen molar-refractivity contribution in [3.05, 3.63) is 35.4 Å². The molecule has 1 fully saturated rings. The van der Waals surface area contributed by atoms with E-state index in [1.807, 2.05) is 11.0 Å². The molecule has 20 heavy (non-hydrogen) atoms. The average Bonchev–Trinajstić information content (AvgIpc) is 2.48. The van der Waals surface area contributed by atoms with Gasteiger partial charge in [-0.1, -0.05) is 24.3 Å². The van der Waals surface area contributed by atoms with Gasteiger partial charge in [-0.15, -0.1) is 0 Å². The molecule has 1 aliphatic rings. The Morgan fingerprint density at radius 3 is 2.75 bits per heavy atom. The fourth-order valence-corrected chi connectivity index (χ4v) is 2.55. The molecule has 0 radical (unpaired) electrons. The lowest BCUT2D eigenvalue weighted by molar-refractivity contribution is -0.135. The first-order valence-electron chi connectivity index (χ1n) is 7.33. The second-order valence-electron chi connectivity index (χ2n) is 5.28. The minimum atomic E-state index is 0.220. The number of benzene rings is 1. The summed E-state index contributed by atoms with van der Waals surface area (Å²) >= 11 is 0. The van der Waals surface area contributed by atoms with Crippen molar-refractivity contribution in [3.63, 3.8) is 0 Å². The van der Waals surface area contributed by atoms with Gasteiger partial charge in [-0.05, 0) is 25.0 Å². The van der Waals surface area contributed by atoms with E-state index in [4.69, 9.17) is 4.74 Å². The van der Waals surface area contributed by atoms with Gasteiger partial charge in [0.1, 0.15) is 0 Å². The molecule has 2 rings (SSSR count). The Morgan fingerprint density at radius 1 is 1.35 bits per heavy atom. The molecular weight excluding hydrogens is 252 g/mol. The van der Waals surface area contributed by atoms with Gasteiger partial charge in [0, 0.05) is 32.1 Å². The number of hydrogen-bond acceptors (Lipinski definition) is 3. The maximum Gasteiger partial charge on any atom is 0.224 e. The molecule has 1 unspecified atom stereocenters. The third kappa shape index (κ3) is 4.05. The molecular formula is C16H24N2O2. The van der Waals surface area contributed by atoms with Crippen molar-refractivity contribution in [2.24, 2.45) is 0 Å². The fourth-order valence-electron chi connectivity index (χ4n) is 2.55. The summed E-state index contributed by atoms with van der Waals surface area (Å²) in [4.78, 5) is 13.9. The highest BCUT2D eigenvalue weighted by Gasteiger charge is 2.16. The molecule has 1 aliphatic heterocycles. The zero-order chi connectivity index (χ0) is 14.4. The molecule has 1 amide bonds. The summed E-state index contributed by atoms with van der Waals surface area (Å²) in [5, 5.41) is 3.43. The maximum absolute atomic E-state index is 12.0. The third-order valence-corrected chi connectivity index (χ3v) is 3.81. The molecule has 4 nitrogen and oxygen atoms in total. The molecule has 0 aromatic heterocycles. The molecule has 1 heterocycles. The van der Waals surface area contributed by atoms with Crippen molar-refractivity contribution in [1.82, 2.24) is 10.2 Å². The summed E-state index contributed by atoms with van der Waals surface area (Å²) in [7, 11) is 0. The lowest BCUT2D eigenvalue weighted by Gasteiger charge is -2.27. The zero-order valence-electron chi connectivity index (χ0n) is 12.4. The van der Waals surface area contributed by atoms with Gasteiger partial charge in [-0.25, -0.2) is 0 Å². The highest BCUT2D eigenvalue weighted by Crippen LogP contribution is 2.16. The molecule has 110 valence electrons. The topological polar surface area (TPSA) is 41.6 Å². The van der Waals surface area contributed by atoms with E-state index in [1.54, 1.807) is 0 Å². The number of morpholine rings is 1. The molecule has 0 spiro atoms. The highest BCUT2D eigenvalue weighted by atomic mass is 16.5. The van der Waals surface area contributed by atoms with E-state index in [0.29, 0.717) is 26.2 Å². The summed E-state index contributed by atoms with van der Waals surface area (Å²) < 4.78 is 5.25. The van der Waals surface area contributed by atoms with Crippen LogP contribution >= 0.6 is 0 Å². The molecule has 1 atom stereocenters. The van der Waals surface area contributed by atoms with Crippen LogP contribution in [-0.2, 0) is 9.53 Å². The van der Waals surface area contributed by atoms with Crippen LogP contribution in [0.5, 0.6) is 0 Å². The first-order valence-corrected chi connectivity index (χ1v) is 7.33. The van der Waals surface area contributed by atoms with Gasteiger partial charge in [-0.2, -0.15) is 0 Å². The molecule has 0 aliphatic carbocycles. The molecule has 1 aromatic carbocycles. The van der Waals surface area contributed by atoms with Gasteiger partial charge in [-0.3, -0.25) is 4.79 Å². The van der Waals surface area contributed by atoms with E-state index in [0.717, 1.165) is 13.1 Å². The summed E-state index contributed by atoms with van der Waals surface area (Å²) in [5.41, 5.74) is 2.58. The van der Waals surface area contributed by atoms with Gasteiger partial charge in [0.05, 0.1) is 13.2 Å². The number of nitrogens with zero attached hydrogens (tertiary/aromatic N) is 1. The minimum Gasteiger partial charge on any atom is -0.378 e. The van der Waals surface area contributed by atoms with Crippen molar-refractivity contribution in [2.45, 2.75) is 26.3 Å². The van der Waals surface area contributed by atoms with Crippen LogP contribution in [0, 0.1) is 6.92 Å². The lowest BCUT2D eigenvalue weighted by Crippen LogP contribution is -2.41. The SMILES string of the molecule is Cc1ccccc1C(C)NCCC(=O)N1CCOCC1. The van der Waals surface area contributed by atoms with Crippen LogP contribution in [0.3, 0.4) is 0 Å². The average molecular weight is 276 g/mol. The number of carbonyl (C=O) groups excluding carboxylic acids is 1. The Hall–Kier alpha value is -1.39. The largest absolute Gasteiger partial charge is 0.378 e. The van der Waals surface area contributed by atoms with E-state index < -0.39 is 0 Å². The molecule has 0 saturated carbocycles. The molecule has 1 saturated heterocycles. The van der Waals surface area contributed by atoms with Crippen LogP contribution in [0.4, 0.5) is 0 Å². The summed E-state index contributed by atoms with van der Waals surface area (Å²) in [6.45, 7) is 7.76. The Morgan fingerprint density at radius 2 is 2.05 bits per heavy atom. The lowest BCUT2D eigenvalue weighted by atomic mass is 10.0. The molecule has 4 heteroatoms. The van der Waals surface area contributed by atoms with Crippen LogP contribution in [-0.4, -0.2) is 43.7 Å². The first-order chi connectivity index (χ1) is 9.68. The second-order valence-corrected chi connectivity index (χ2v) is 5.28. The van der Waals surface area contributed by atoms with Crippen molar-refractivity contribution >= 4 is 5.91 Å². The zero-order valence-corrected chi connectivity index (χ0v) is 12.4. The summed E-state index contributed by atoms with van der Waals surface area (Å²) in [5.74, 6) is 0.220. The van der Waals surface area contributed by atoms with Crippen LogP contribution in [0.1, 0.15) is 30.5 Å². The standard InChI is InChI=1S/C16H24N2O2/c1-13-5-3-4-6-15(13)14(2)17-8-7-16(19)18-9-11-20-12-10-18/h3-6,14,17H,7-12H2,1-2H3. The van der Waals surface area contributed by atoms with Crippen molar-refractivity contribution < 1.29 is 9.53 Å². The van der Waals surface area contributed by atoms with Gasteiger partial charge in [0.25, 0.3) is 0 Å². The Balaban J connectivity index is 1.75. The maximum atomic E-state index is 12.0. The number of ether oxygens (including phenoxy) is 1. The number of rotatable bonds is 5. The van der Waals surface area contributed by atoms with E-state index >= 15 is 0 Å². The highest BCUT2D eigenvalue weighted by molar-refractivity contribution is 5.76. The summed E-state index contributed by atoms with van der Waals surface area (Å²) in [6.07, 6.45) is 0.552. The number of nitrogens with one attached hydrogen (secondary N) is 1. The minimum absolute atomic E-state index is 0.220. The molecule has 1 N–H and O–H groups in total. The molecule has 1 aromatic rings. The Kier molecular flexibility index (Phi) is 5.56. The van der Waals surface area contributed by atoms with Crippen molar-refractivity contribution in [2.75, 3.05) is 32.8 Å². The van der Waals surface area contributed by atoms with Crippen LogP contribution in [0.2, 0.25) is 0 Å². The predicted molar refractivity (Wildman–Crippen MR) is 79.6 cm³/mol. The predicted octanol–water partition coefficient (Wildman–Crippen LogP) is 1.89. The van der Waals surface area contributed by atoms with Gasteiger partial charge < -0.3 is 15.0 Å². The Labute approximate surface area is 121 Å². The number of amides is 1. The second kappa shape index (κ2) is 7.41. The third-order valence-electron chi connectivity index (χ3n) is 3.81. The van der Waals surface area contributed by atoms with Crippen molar-refractivity contribution in [1.29, 1.82) is 0 Å². The Bertz CT molecular complexity index is 442. The van der Waals surface area contributed by atoms with Crippen LogP contribution < -0.4 is 5.32 Å². The van der Waals surface area contributed by atoms with E-state index in [1.165, 1.54) is 11.1 Å². The van der Waals surface area contributed by atoms with Crippen LogP contribution in [0.15, 0.2) is 24.3 Å². The fraction of sp³-hybridized carbons (Fsp3) is 0.562. The van der Waals surface area contributed by atoms with E-state index in [2.05, 4.69) is 37.4 Å². The van der Waals surface area contributed by atoms with Crippen molar-refractivity contribution in [3.8, 4) is 0 Å². The monoisotopic (exact) mass is 276 g/mol. The van der Waals surface area contributed by atoms with Gasteiger partial charge in [0.2, 0.25) is 5.91 Å². The smallest absolute Gasteiger partial charge is 0.224 e. The number of carbonyl (C=O) groups is 1. The number of aryl methyl sites for hydroxylation is 1. The number of hydrogen-bond donors (Lipinski definition) is 1. The first kappa shape index (κ1) is 15.0. The normalized spacial score (nSPS) is 17.0. The van der Waals surface area contributed by atoms with Gasteiger partial charge >= 0.3 is 0 Å². The quantitative estimate of drug-likeness (QED) is 0.893. The van der Waals surface area contributed by atoms with E-state index in [-0.39, 0.29) is 11.9 Å². The summed E-state index contributed by atoms with van der Waals surface area (Å²) in [6, 6.07) is 8.63. The molecule has 0 bridgehead atoms.